The van der Waals surface area contributed by atoms with Crippen LogP contribution in [-0.2, 0) is 0 Å². The summed E-state index contributed by atoms with van der Waals surface area (Å²) in [6.07, 6.45) is 0. The topological polar surface area (TPSA) is 49.8 Å². The van der Waals surface area contributed by atoms with E-state index >= 15 is 0 Å². The summed E-state index contributed by atoms with van der Waals surface area (Å²) in [6.45, 7) is 3.85. The Morgan fingerprint density at radius 1 is 1.57 bits per heavy atom. The summed E-state index contributed by atoms with van der Waals surface area (Å²) in [7, 11) is 0. The Hall–Kier alpha value is -0.550. The van der Waals surface area contributed by atoms with Crippen LogP contribution in [0.25, 0.3) is 0 Å². The highest BCUT2D eigenvalue weighted by Gasteiger charge is 2.02. The molecule has 0 rings (SSSR count). The number of hydrogen-bond acceptors (Lipinski definition) is 2. The quantitative estimate of drug-likeness (QED) is 0.519. The maximum absolute atomic E-state index is 8.13. The Labute approximate surface area is 43.9 Å². The van der Waals surface area contributed by atoms with E-state index in [1.807, 2.05) is 19.9 Å². The molecule has 0 unspecified atom stereocenters. The van der Waals surface area contributed by atoms with Gasteiger partial charge in [-0.15, -0.1) is 0 Å². The Kier molecular flexibility index (Phi) is 2.39. The standard InChI is InChI=1S/C5H10N2/c1-4(2)5(7)3-6/h4-5H,7H2,1-2H3/t5-/m0/s1. The van der Waals surface area contributed by atoms with E-state index in [9.17, 15) is 0 Å². The number of nitrogens with zero attached hydrogens (tertiary/aromatic N) is 1. The summed E-state index contributed by atoms with van der Waals surface area (Å²) in [6, 6.07) is 1.65. The first kappa shape index (κ1) is 6.45. The van der Waals surface area contributed by atoms with Crippen molar-refractivity contribution in [1.29, 1.82) is 5.26 Å². The second-order valence-corrected chi connectivity index (χ2v) is 1.90. The van der Waals surface area contributed by atoms with Gasteiger partial charge >= 0.3 is 0 Å². The molecule has 0 bridgehead atoms. The van der Waals surface area contributed by atoms with Crippen molar-refractivity contribution >= 4 is 0 Å². The third-order valence-electron chi connectivity index (χ3n) is 0.867. The minimum atomic E-state index is -0.292. The average Bonchev–Trinajstić information content (AvgIpc) is 1.65. The van der Waals surface area contributed by atoms with E-state index in [-0.39, 0.29) is 12.0 Å². The van der Waals surface area contributed by atoms with Crippen molar-refractivity contribution in [2.45, 2.75) is 19.9 Å². The lowest BCUT2D eigenvalue weighted by Crippen LogP contribution is -2.23. The Bertz CT molecular complexity index is 80.6. The predicted octanol–water partition coefficient (Wildman–Crippen LogP) is 0.493. The van der Waals surface area contributed by atoms with Crippen LogP contribution in [0.15, 0.2) is 0 Å². The molecule has 0 radical (unpaired) electrons. The highest BCUT2D eigenvalue weighted by atomic mass is 14.6. The zero-order valence-electron chi connectivity index (χ0n) is 4.68. The monoisotopic (exact) mass is 98.1 g/mol. The normalized spacial score (nSPS) is 13.6. The molecule has 0 aromatic heterocycles. The van der Waals surface area contributed by atoms with E-state index in [4.69, 9.17) is 11.0 Å². The van der Waals surface area contributed by atoms with Crippen LogP contribution in [0.5, 0.6) is 0 Å². The third-order valence-corrected chi connectivity index (χ3v) is 0.867. The molecule has 0 saturated heterocycles. The molecule has 0 aromatic rings. The van der Waals surface area contributed by atoms with Gasteiger partial charge in [-0.2, -0.15) is 5.26 Å². The van der Waals surface area contributed by atoms with Gasteiger partial charge in [0.25, 0.3) is 0 Å². The zero-order valence-corrected chi connectivity index (χ0v) is 4.68. The fraction of sp³-hybridized carbons (Fsp3) is 0.800. The van der Waals surface area contributed by atoms with Crippen LogP contribution in [-0.4, -0.2) is 6.04 Å². The van der Waals surface area contributed by atoms with Crippen molar-refractivity contribution in [3.05, 3.63) is 0 Å². The number of nitrogens with two attached hydrogens (primary N) is 1. The Balaban J connectivity index is 3.40. The summed E-state index contributed by atoms with van der Waals surface area (Å²) < 4.78 is 0. The van der Waals surface area contributed by atoms with Crippen molar-refractivity contribution in [1.82, 2.24) is 0 Å². The van der Waals surface area contributed by atoms with Crippen LogP contribution in [0.2, 0.25) is 0 Å². The van der Waals surface area contributed by atoms with E-state index in [1.165, 1.54) is 0 Å². The summed E-state index contributed by atoms with van der Waals surface area (Å²) in [5.74, 6) is 0.282. The van der Waals surface area contributed by atoms with Gasteiger partial charge in [0.15, 0.2) is 0 Å². The van der Waals surface area contributed by atoms with E-state index in [2.05, 4.69) is 0 Å². The lowest BCUT2D eigenvalue weighted by Gasteiger charge is -2.02. The third kappa shape index (κ3) is 2.18. The molecule has 0 aromatic carbocycles. The molecule has 1 atom stereocenters. The molecule has 0 aliphatic carbocycles. The molecule has 0 spiro atoms. The highest BCUT2D eigenvalue weighted by Crippen LogP contribution is 1.93. The van der Waals surface area contributed by atoms with E-state index in [0.29, 0.717) is 0 Å². The molecule has 2 heteroatoms. The molecule has 0 amide bonds. The molecule has 0 fully saturated rings. The van der Waals surface area contributed by atoms with Gasteiger partial charge in [-0.3, -0.25) is 0 Å². The summed E-state index contributed by atoms with van der Waals surface area (Å²) in [5, 5.41) is 8.13. The molecule has 2 N–H and O–H groups in total. The van der Waals surface area contributed by atoms with Gasteiger partial charge in [0.1, 0.15) is 0 Å². The SMILES string of the molecule is CC(C)[C@@H](N)C#N. The van der Waals surface area contributed by atoms with Crippen molar-refractivity contribution in [2.24, 2.45) is 11.7 Å². The summed E-state index contributed by atoms with van der Waals surface area (Å²) in [4.78, 5) is 0. The molecule has 0 saturated carbocycles. The maximum atomic E-state index is 8.13. The van der Waals surface area contributed by atoms with Gasteiger partial charge in [-0.05, 0) is 5.92 Å². The summed E-state index contributed by atoms with van der Waals surface area (Å²) >= 11 is 0. The first-order chi connectivity index (χ1) is 3.18. The molecular formula is C5H10N2. The van der Waals surface area contributed by atoms with Crippen molar-refractivity contribution in [2.75, 3.05) is 0 Å². The zero-order chi connectivity index (χ0) is 5.86. The van der Waals surface area contributed by atoms with Crippen LogP contribution in [0.3, 0.4) is 0 Å². The van der Waals surface area contributed by atoms with Gasteiger partial charge in [-0.25, -0.2) is 0 Å². The van der Waals surface area contributed by atoms with Gasteiger partial charge in [0.05, 0.1) is 12.1 Å². The average molecular weight is 98.1 g/mol. The molecule has 0 heterocycles. The second-order valence-electron chi connectivity index (χ2n) is 1.90. The number of nitriles is 1. The second kappa shape index (κ2) is 2.59. The molecule has 0 aliphatic heterocycles. The number of hydrogen-bond donors (Lipinski definition) is 1. The van der Waals surface area contributed by atoms with Gasteiger partial charge in [0, 0.05) is 0 Å². The van der Waals surface area contributed by atoms with Crippen LogP contribution in [0.4, 0.5) is 0 Å². The molecule has 2 nitrogen and oxygen atoms in total. The lowest BCUT2D eigenvalue weighted by molar-refractivity contribution is 0.580. The van der Waals surface area contributed by atoms with Crippen LogP contribution in [0.1, 0.15) is 13.8 Å². The number of rotatable bonds is 1. The molecule has 40 valence electrons. The smallest absolute Gasteiger partial charge is 0.0951 e. The molecule has 7 heavy (non-hydrogen) atoms. The fourth-order valence-electron chi connectivity index (χ4n) is 0.149. The van der Waals surface area contributed by atoms with Crippen LogP contribution < -0.4 is 5.73 Å². The Morgan fingerprint density at radius 2 is 2.00 bits per heavy atom. The maximum Gasteiger partial charge on any atom is 0.0951 e. The van der Waals surface area contributed by atoms with Gasteiger partial charge in [-0.1, -0.05) is 13.8 Å². The highest BCUT2D eigenvalue weighted by molar-refractivity contribution is 4.88. The summed E-state index contributed by atoms with van der Waals surface area (Å²) in [5.41, 5.74) is 5.25. The predicted molar refractivity (Wildman–Crippen MR) is 28.4 cm³/mol. The minimum Gasteiger partial charge on any atom is -0.316 e. The minimum absolute atomic E-state index is 0.282. The van der Waals surface area contributed by atoms with Gasteiger partial charge in [0.2, 0.25) is 0 Å². The van der Waals surface area contributed by atoms with Crippen molar-refractivity contribution < 1.29 is 0 Å². The van der Waals surface area contributed by atoms with Crippen LogP contribution in [0, 0.1) is 17.2 Å². The lowest BCUT2D eigenvalue weighted by atomic mass is 10.1. The Morgan fingerprint density at radius 3 is 2.00 bits per heavy atom. The molecular weight excluding hydrogens is 88.1 g/mol. The van der Waals surface area contributed by atoms with Crippen molar-refractivity contribution in [3.63, 3.8) is 0 Å². The molecule has 0 aliphatic rings. The largest absolute Gasteiger partial charge is 0.316 e. The van der Waals surface area contributed by atoms with Crippen LogP contribution >= 0.6 is 0 Å². The first-order valence-corrected chi connectivity index (χ1v) is 2.33. The van der Waals surface area contributed by atoms with E-state index < -0.39 is 0 Å². The first-order valence-electron chi connectivity index (χ1n) is 2.33. The van der Waals surface area contributed by atoms with E-state index in [1.54, 1.807) is 0 Å². The van der Waals surface area contributed by atoms with Gasteiger partial charge < -0.3 is 5.73 Å². The van der Waals surface area contributed by atoms with E-state index in [0.717, 1.165) is 0 Å². The fourth-order valence-corrected chi connectivity index (χ4v) is 0.149. The van der Waals surface area contributed by atoms with Crippen molar-refractivity contribution in [3.8, 4) is 6.07 Å².